The highest BCUT2D eigenvalue weighted by molar-refractivity contribution is 7.90. The van der Waals surface area contributed by atoms with Gasteiger partial charge in [-0.1, -0.05) is 6.07 Å². The van der Waals surface area contributed by atoms with Crippen molar-refractivity contribution >= 4 is 15.5 Å². The Bertz CT molecular complexity index is 556. The summed E-state index contributed by atoms with van der Waals surface area (Å²) in [7, 11) is -1.40. The summed E-state index contributed by atoms with van der Waals surface area (Å²) in [6.45, 7) is 0.434. The maximum atomic E-state index is 11.0. The van der Waals surface area contributed by atoms with E-state index in [1.807, 2.05) is 0 Å². The molecule has 0 radical (unpaired) electrons. The van der Waals surface area contributed by atoms with Crippen LogP contribution in [0.5, 0.6) is 5.75 Å². The Hall–Kier alpha value is -1.67. The maximum Gasteiger partial charge on any atom is 0.310 e. The van der Waals surface area contributed by atoms with Gasteiger partial charge in [0.25, 0.3) is 0 Å². The molecule has 0 unspecified atom stereocenters. The lowest BCUT2D eigenvalue weighted by Crippen LogP contribution is -2.13. The van der Waals surface area contributed by atoms with Gasteiger partial charge in [0.15, 0.2) is 15.6 Å². The lowest BCUT2D eigenvalue weighted by molar-refractivity contribution is -0.385. The second kappa shape index (κ2) is 6.48. The van der Waals surface area contributed by atoms with E-state index in [9.17, 15) is 18.5 Å². The number of rotatable bonds is 7. The summed E-state index contributed by atoms with van der Waals surface area (Å²) in [5, 5.41) is 13.8. The van der Waals surface area contributed by atoms with Crippen LogP contribution in [-0.4, -0.2) is 39.0 Å². The minimum Gasteiger partial charge on any atom is -0.486 e. The van der Waals surface area contributed by atoms with Crippen LogP contribution in [0.15, 0.2) is 18.2 Å². The van der Waals surface area contributed by atoms with Crippen molar-refractivity contribution in [3.8, 4) is 5.75 Å². The number of hydrogen-bond acceptors (Lipinski definition) is 6. The average molecular weight is 288 g/mol. The third-order valence-corrected chi connectivity index (χ3v) is 3.22. The number of nitro groups is 1. The van der Waals surface area contributed by atoms with Crippen molar-refractivity contribution in [3.63, 3.8) is 0 Å². The molecule has 0 spiro atoms. The number of sulfone groups is 1. The fraction of sp³-hybridized carbons (Fsp3) is 0.455. The van der Waals surface area contributed by atoms with Crippen molar-refractivity contribution < 1.29 is 18.1 Å². The molecule has 0 saturated heterocycles. The first-order valence-corrected chi connectivity index (χ1v) is 7.62. The van der Waals surface area contributed by atoms with E-state index < -0.39 is 14.8 Å². The summed E-state index contributed by atoms with van der Waals surface area (Å²) in [4.78, 5) is 10.3. The first-order valence-electron chi connectivity index (χ1n) is 5.56. The van der Waals surface area contributed by atoms with E-state index in [-0.39, 0.29) is 23.8 Å². The van der Waals surface area contributed by atoms with E-state index in [1.165, 1.54) is 12.1 Å². The molecule has 7 nitrogen and oxygen atoms in total. The molecule has 0 aromatic heterocycles. The Morgan fingerprint density at radius 1 is 1.42 bits per heavy atom. The quantitative estimate of drug-likeness (QED) is 0.587. The highest BCUT2D eigenvalue weighted by atomic mass is 32.2. The van der Waals surface area contributed by atoms with Crippen molar-refractivity contribution in [2.75, 3.05) is 25.7 Å². The van der Waals surface area contributed by atoms with Gasteiger partial charge in [-0.3, -0.25) is 10.1 Å². The first kappa shape index (κ1) is 15.4. The van der Waals surface area contributed by atoms with Crippen LogP contribution < -0.4 is 10.1 Å². The molecule has 0 heterocycles. The number of hydrogen-bond donors (Lipinski definition) is 1. The SMILES string of the molecule is CNCc1ccc([N+](=O)[O-])c(OCCS(C)(=O)=O)c1. The summed E-state index contributed by atoms with van der Waals surface area (Å²) in [5.74, 6) is -0.0955. The fourth-order valence-electron chi connectivity index (χ4n) is 1.44. The first-order chi connectivity index (χ1) is 8.83. The largest absolute Gasteiger partial charge is 0.486 e. The molecule has 0 bridgehead atoms. The van der Waals surface area contributed by atoms with Gasteiger partial charge in [-0.15, -0.1) is 0 Å². The zero-order valence-corrected chi connectivity index (χ0v) is 11.6. The maximum absolute atomic E-state index is 11.0. The van der Waals surface area contributed by atoms with Crippen LogP contribution in [0, 0.1) is 10.1 Å². The van der Waals surface area contributed by atoms with Crippen molar-refractivity contribution in [1.29, 1.82) is 0 Å². The third-order valence-electron chi connectivity index (χ3n) is 2.31. The van der Waals surface area contributed by atoms with Crippen LogP contribution in [0.3, 0.4) is 0 Å². The van der Waals surface area contributed by atoms with Crippen LogP contribution in [0.25, 0.3) is 0 Å². The van der Waals surface area contributed by atoms with E-state index in [4.69, 9.17) is 4.74 Å². The van der Waals surface area contributed by atoms with Crippen LogP contribution in [-0.2, 0) is 16.4 Å². The van der Waals surface area contributed by atoms with Gasteiger partial charge in [-0.25, -0.2) is 8.42 Å². The summed E-state index contributed by atoms with van der Waals surface area (Å²) in [6.07, 6.45) is 1.09. The zero-order chi connectivity index (χ0) is 14.5. The second-order valence-corrected chi connectivity index (χ2v) is 6.33. The number of ether oxygens (including phenoxy) is 1. The Morgan fingerprint density at radius 3 is 2.63 bits per heavy atom. The van der Waals surface area contributed by atoms with E-state index in [0.717, 1.165) is 11.8 Å². The lowest BCUT2D eigenvalue weighted by Gasteiger charge is -2.08. The molecule has 0 aliphatic heterocycles. The Labute approximate surface area is 111 Å². The van der Waals surface area contributed by atoms with E-state index >= 15 is 0 Å². The second-order valence-electron chi connectivity index (χ2n) is 4.07. The Kier molecular flexibility index (Phi) is 5.25. The van der Waals surface area contributed by atoms with Gasteiger partial charge >= 0.3 is 5.69 Å². The summed E-state index contributed by atoms with van der Waals surface area (Å²) in [5.41, 5.74) is 0.649. The van der Waals surface area contributed by atoms with Gasteiger partial charge in [-0.05, 0) is 18.7 Å². The van der Waals surface area contributed by atoms with Crippen LogP contribution in [0.2, 0.25) is 0 Å². The molecule has 0 atom stereocenters. The molecule has 1 N–H and O–H groups in total. The normalized spacial score (nSPS) is 11.3. The molecular weight excluding hydrogens is 272 g/mol. The number of benzene rings is 1. The number of nitro benzene ring substituents is 1. The lowest BCUT2D eigenvalue weighted by atomic mass is 10.2. The monoisotopic (exact) mass is 288 g/mol. The van der Waals surface area contributed by atoms with Gasteiger partial charge in [0.05, 0.1) is 10.7 Å². The summed E-state index contributed by atoms with van der Waals surface area (Å²) >= 11 is 0. The predicted molar refractivity (Wildman–Crippen MR) is 71.1 cm³/mol. The molecule has 0 saturated carbocycles. The third kappa shape index (κ3) is 5.23. The summed E-state index contributed by atoms with van der Waals surface area (Å²) in [6, 6.07) is 4.51. The molecule has 0 fully saturated rings. The zero-order valence-electron chi connectivity index (χ0n) is 10.8. The van der Waals surface area contributed by atoms with Crippen LogP contribution in [0.1, 0.15) is 5.56 Å². The van der Waals surface area contributed by atoms with Gasteiger partial charge in [0, 0.05) is 18.9 Å². The molecule has 8 heteroatoms. The smallest absolute Gasteiger partial charge is 0.310 e. The van der Waals surface area contributed by atoms with Crippen molar-refractivity contribution in [2.45, 2.75) is 6.54 Å². The van der Waals surface area contributed by atoms with E-state index in [1.54, 1.807) is 13.1 Å². The molecule has 106 valence electrons. The van der Waals surface area contributed by atoms with E-state index in [0.29, 0.717) is 6.54 Å². The molecule has 1 aromatic carbocycles. The topological polar surface area (TPSA) is 98.5 Å². The molecule has 0 amide bonds. The molecule has 0 aliphatic rings. The van der Waals surface area contributed by atoms with Crippen LogP contribution >= 0.6 is 0 Å². The molecule has 1 rings (SSSR count). The van der Waals surface area contributed by atoms with Crippen molar-refractivity contribution in [3.05, 3.63) is 33.9 Å². The number of nitrogens with zero attached hydrogens (tertiary/aromatic N) is 1. The van der Waals surface area contributed by atoms with Crippen molar-refractivity contribution in [1.82, 2.24) is 5.32 Å². The molecule has 19 heavy (non-hydrogen) atoms. The number of nitrogens with one attached hydrogen (secondary N) is 1. The molecule has 0 aliphatic carbocycles. The highest BCUT2D eigenvalue weighted by Crippen LogP contribution is 2.27. The van der Waals surface area contributed by atoms with Gasteiger partial charge in [0.1, 0.15) is 6.61 Å². The van der Waals surface area contributed by atoms with Gasteiger partial charge < -0.3 is 10.1 Å². The minimum atomic E-state index is -3.15. The predicted octanol–water partition coefficient (Wildman–Crippen LogP) is 0.738. The Balaban J connectivity index is 2.88. The summed E-state index contributed by atoms with van der Waals surface area (Å²) < 4.78 is 27.2. The highest BCUT2D eigenvalue weighted by Gasteiger charge is 2.16. The minimum absolute atomic E-state index is 0.0846. The van der Waals surface area contributed by atoms with Gasteiger partial charge in [-0.2, -0.15) is 0 Å². The van der Waals surface area contributed by atoms with Gasteiger partial charge in [0.2, 0.25) is 0 Å². The molecular formula is C11H16N2O5S. The van der Waals surface area contributed by atoms with Crippen LogP contribution in [0.4, 0.5) is 5.69 Å². The van der Waals surface area contributed by atoms with E-state index in [2.05, 4.69) is 5.32 Å². The fourth-order valence-corrected chi connectivity index (χ4v) is 1.83. The standard InChI is InChI=1S/C11H16N2O5S/c1-12-8-9-3-4-10(13(14)15)11(7-9)18-5-6-19(2,16)17/h3-4,7,12H,5-6,8H2,1-2H3. The molecule has 1 aromatic rings. The van der Waals surface area contributed by atoms with Crippen molar-refractivity contribution in [2.24, 2.45) is 0 Å². The Morgan fingerprint density at radius 2 is 2.11 bits per heavy atom. The average Bonchev–Trinajstić information content (AvgIpc) is 2.27.